The van der Waals surface area contributed by atoms with Crippen molar-refractivity contribution in [3.05, 3.63) is 52.2 Å². The summed E-state index contributed by atoms with van der Waals surface area (Å²) in [6.07, 6.45) is 2.82. The van der Waals surface area contributed by atoms with Crippen LogP contribution in [0, 0.1) is 0 Å². The van der Waals surface area contributed by atoms with E-state index in [2.05, 4.69) is 16.8 Å². The molecule has 0 spiro atoms. The topological polar surface area (TPSA) is 46.6 Å². The maximum Gasteiger partial charge on any atom is 0.214 e. The van der Waals surface area contributed by atoms with Gasteiger partial charge in [-0.2, -0.15) is 15.6 Å². The molecule has 0 radical (unpaired) electrons. The van der Waals surface area contributed by atoms with Gasteiger partial charge in [0, 0.05) is 19.0 Å². The molecule has 1 saturated carbocycles. The van der Waals surface area contributed by atoms with Crippen LogP contribution in [0.4, 0.5) is 0 Å². The van der Waals surface area contributed by atoms with Crippen LogP contribution in [0.5, 0.6) is 5.75 Å². The number of rotatable bonds is 9. The van der Waals surface area contributed by atoms with Crippen LogP contribution < -0.4 is 4.74 Å². The Balaban J connectivity index is 1.61. The quantitative estimate of drug-likeness (QED) is 0.681. The van der Waals surface area contributed by atoms with Crippen molar-refractivity contribution in [1.29, 1.82) is 0 Å². The van der Waals surface area contributed by atoms with Crippen molar-refractivity contribution in [3.8, 4) is 5.75 Å². The molecule has 0 N–H and O–H groups in total. The number of nitrogens with zero attached hydrogens (tertiary/aromatic N) is 1. The van der Waals surface area contributed by atoms with Gasteiger partial charge in [-0.1, -0.05) is 12.1 Å². The zero-order chi connectivity index (χ0) is 17.0. The van der Waals surface area contributed by atoms with E-state index in [-0.39, 0.29) is 11.8 Å². The second-order valence-electron chi connectivity index (χ2n) is 6.05. The van der Waals surface area contributed by atoms with E-state index in [1.165, 1.54) is 5.56 Å². The van der Waals surface area contributed by atoms with Crippen molar-refractivity contribution < 1.29 is 13.2 Å². The van der Waals surface area contributed by atoms with Crippen LogP contribution in [-0.2, 0) is 23.0 Å². The largest absolute Gasteiger partial charge is 0.493 e. The third-order valence-corrected chi connectivity index (χ3v) is 6.76. The molecule has 2 aromatic rings. The van der Waals surface area contributed by atoms with E-state index >= 15 is 0 Å². The van der Waals surface area contributed by atoms with Crippen LogP contribution in [0.25, 0.3) is 0 Å². The molecule has 130 valence electrons. The molecule has 1 aliphatic carbocycles. The molecule has 3 rings (SSSR count). The Labute approximate surface area is 148 Å². The van der Waals surface area contributed by atoms with Gasteiger partial charge in [-0.05, 0) is 59.9 Å². The van der Waals surface area contributed by atoms with Gasteiger partial charge >= 0.3 is 0 Å². The Hall–Kier alpha value is -1.37. The first-order valence-corrected chi connectivity index (χ1v) is 10.9. The summed E-state index contributed by atoms with van der Waals surface area (Å²) in [7, 11) is -3.16. The van der Waals surface area contributed by atoms with Gasteiger partial charge in [0.05, 0.1) is 12.4 Å². The number of hydrogen-bond acceptors (Lipinski definition) is 4. The molecule has 1 fully saturated rings. The Morgan fingerprint density at radius 1 is 1.25 bits per heavy atom. The third kappa shape index (κ3) is 4.59. The Morgan fingerprint density at radius 2 is 2.08 bits per heavy atom. The molecule has 0 atom stereocenters. The van der Waals surface area contributed by atoms with Crippen LogP contribution in [-0.4, -0.2) is 31.1 Å². The predicted molar refractivity (Wildman–Crippen MR) is 98.0 cm³/mol. The average Bonchev–Trinajstić information content (AvgIpc) is 3.28. The zero-order valence-electron chi connectivity index (χ0n) is 13.8. The highest BCUT2D eigenvalue weighted by Gasteiger charge is 2.36. The van der Waals surface area contributed by atoms with Crippen molar-refractivity contribution in [2.75, 3.05) is 12.4 Å². The SMILES string of the molecule is CCS(=O)(=O)N(Cc1cccc(OCCc2ccsc2)c1)C1CC1. The van der Waals surface area contributed by atoms with E-state index in [4.69, 9.17) is 4.74 Å². The number of ether oxygens (including phenoxy) is 1. The lowest BCUT2D eigenvalue weighted by Crippen LogP contribution is -2.33. The molecule has 1 aliphatic rings. The Morgan fingerprint density at radius 3 is 2.75 bits per heavy atom. The van der Waals surface area contributed by atoms with Gasteiger partial charge < -0.3 is 4.74 Å². The van der Waals surface area contributed by atoms with Gasteiger partial charge in [-0.3, -0.25) is 0 Å². The second-order valence-corrected chi connectivity index (χ2v) is 9.04. The third-order valence-electron chi connectivity index (χ3n) is 4.15. The first-order chi connectivity index (χ1) is 11.6. The van der Waals surface area contributed by atoms with Gasteiger partial charge in [0.15, 0.2) is 0 Å². The highest BCUT2D eigenvalue weighted by Crippen LogP contribution is 2.31. The summed E-state index contributed by atoms with van der Waals surface area (Å²) in [6.45, 7) is 2.76. The molecular formula is C18H23NO3S2. The van der Waals surface area contributed by atoms with Gasteiger partial charge in [-0.25, -0.2) is 8.42 Å². The smallest absolute Gasteiger partial charge is 0.214 e. The maximum absolute atomic E-state index is 12.3. The number of sulfonamides is 1. The number of hydrogen-bond donors (Lipinski definition) is 0. The van der Waals surface area contributed by atoms with E-state index in [9.17, 15) is 8.42 Å². The average molecular weight is 366 g/mol. The van der Waals surface area contributed by atoms with Gasteiger partial charge in [-0.15, -0.1) is 0 Å². The molecule has 0 bridgehead atoms. The fourth-order valence-corrected chi connectivity index (χ4v) is 4.66. The summed E-state index contributed by atoms with van der Waals surface area (Å²) in [4.78, 5) is 0. The van der Waals surface area contributed by atoms with E-state index < -0.39 is 10.0 Å². The van der Waals surface area contributed by atoms with E-state index in [0.29, 0.717) is 13.2 Å². The maximum atomic E-state index is 12.3. The summed E-state index contributed by atoms with van der Waals surface area (Å²) in [6, 6.07) is 10.1. The summed E-state index contributed by atoms with van der Waals surface area (Å²) >= 11 is 1.69. The van der Waals surface area contributed by atoms with Crippen molar-refractivity contribution in [3.63, 3.8) is 0 Å². The van der Waals surface area contributed by atoms with Crippen LogP contribution in [0.3, 0.4) is 0 Å². The lowest BCUT2D eigenvalue weighted by Gasteiger charge is -2.21. The van der Waals surface area contributed by atoms with Gasteiger partial charge in [0.2, 0.25) is 10.0 Å². The minimum Gasteiger partial charge on any atom is -0.493 e. The van der Waals surface area contributed by atoms with Crippen molar-refractivity contribution in [2.45, 2.75) is 38.8 Å². The lowest BCUT2D eigenvalue weighted by atomic mass is 10.2. The molecule has 0 aliphatic heterocycles. The molecule has 0 amide bonds. The molecule has 4 nitrogen and oxygen atoms in total. The first kappa shape index (κ1) is 17.5. The molecule has 0 unspecified atom stereocenters. The number of thiophene rings is 1. The summed E-state index contributed by atoms with van der Waals surface area (Å²) in [5.74, 6) is 0.952. The Bertz CT molecular complexity index is 752. The van der Waals surface area contributed by atoms with Crippen LogP contribution in [0.15, 0.2) is 41.1 Å². The fraction of sp³-hybridized carbons (Fsp3) is 0.444. The summed E-state index contributed by atoms with van der Waals surface area (Å²) in [5, 5.41) is 4.19. The molecule has 6 heteroatoms. The summed E-state index contributed by atoms with van der Waals surface area (Å²) in [5.41, 5.74) is 2.26. The van der Waals surface area contributed by atoms with Gasteiger partial charge in [0.25, 0.3) is 0 Å². The molecule has 1 heterocycles. The van der Waals surface area contributed by atoms with Crippen LogP contribution in [0.1, 0.15) is 30.9 Å². The molecular weight excluding hydrogens is 342 g/mol. The minimum atomic E-state index is -3.16. The van der Waals surface area contributed by atoms with Crippen molar-refractivity contribution >= 4 is 21.4 Å². The minimum absolute atomic E-state index is 0.153. The van der Waals surface area contributed by atoms with Gasteiger partial charge in [0.1, 0.15) is 5.75 Å². The van der Waals surface area contributed by atoms with Crippen molar-refractivity contribution in [1.82, 2.24) is 4.31 Å². The fourth-order valence-electron chi connectivity index (χ4n) is 2.62. The van der Waals surface area contributed by atoms with E-state index in [1.807, 2.05) is 24.3 Å². The molecule has 0 saturated heterocycles. The second kappa shape index (κ2) is 7.68. The predicted octanol–water partition coefficient (Wildman–Crippen LogP) is 3.68. The highest BCUT2D eigenvalue weighted by atomic mass is 32.2. The lowest BCUT2D eigenvalue weighted by molar-refractivity contribution is 0.321. The zero-order valence-corrected chi connectivity index (χ0v) is 15.5. The number of benzene rings is 1. The molecule has 1 aromatic carbocycles. The monoisotopic (exact) mass is 365 g/mol. The van der Waals surface area contributed by atoms with Crippen LogP contribution >= 0.6 is 11.3 Å². The Kier molecular flexibility index (Phi) is 5.58. The van der Waals surface area contributed by atoms with E-state index in [1.54, 1.807) is 22.6 Å². The summed E-state index contributed by atoms with van der Waals surface area (Å²) < 4.78 is 32.0. The van der Waals surface area contributed by atoms with Crippen molar-refractivity contribution in [2.24, 2.45) is 0 Å². The normalized spacial score (nSPS) is 14.9. The highest BCUT2D eigenvalue weighted by molar-refractivity contribution is 7.89. The molecule has 24 heavy (non-hydrogen) atoms. The first-order valence-electron chi connectivity index (χ1n) is 8.31. The van der Waals surface area contributed by atoms with Crippen LogP contribution in [0.2, 0.25) is 0 Å². The standard InChI is InChI=1S/C18H23NO3S2/c1-2-24(20,21)19(17-6-7-17)13-16-4-3-5-18(12-16)22-10-8-15-9-11-23-14-15/h3-5,9,11-12,14,17H,2,6-8,10,13H2,1H3. The molecule has 1 aromatic heterocycles. The van der Waals surface area contributed by atoms with E-state index in [0.717, 1.165) is 30.6 Å².